The topological polar surface area (TPSA) is 18.5 Å². The van der Waals surface area contributed by atoms with Gasteiger partial charge in [-0.05, 0) is 29.8 Å². The van der Waals surface area contributed by atoms with Crippen LogP contribution in [0.15, 0.2) is 42.5 Å². The zero-order valence-corrected chi connectivity index (χ0v) is 12.7. The summed E-state index contributed by atoms with van der Waals surface area (Å²) in [6, 6.07) is 10.4. The lowest BCUT2D eigenvalue weighted by Gasteiger charge is -2.15. The molecule has 2 nitrogen and oxygen atoms in total. The molecule has 0 fully saturated rings. The van der Waals surface area contributed by atoms with Crippen LogP contribution in [0.5, 0.6) is 17.2 Å². The van der Waals surface area contributed by atoms with E-state index in [-0.39, 0.29) is 11.5 Å². The second kappa shape index (κ2) is 6.39. The molecular formula is C15H12BrF3O2. The Morgan fingerprint density at radius 3 is 2.38 bits per heavy atom. The Bertz CT molecular complexity index is 627. The highest BCUT2D eigenvalue weighted by molar-refractivity contribution is 9.08. The van der Waals surface area contributed by atoms with E-state index < -0.39 is 11.7 Å². The summed E-state index contributed by atoms with van der Waals surface area (Å²) in [5, 5.41) is 0.343. The van der Waals surface area contributed by atoms with Crippen LogP contribution in [0.1, 0.15) is 11.1 Å². The molecule has 0 atom stereocenters. The number of hydrogen-bond donors (Lipinski definition) is 0. The zero-order valence-electron chi connectivity index (χ0n) is 11.1. The molecule has 6 heteroatoms. The first-order valence-corrected chi connectivity index (χ1v) is 7.14. The fourth-order valence-electron chi connectivity index (χ4n) is 1.76. The van der Waals surface area contributed by atoms with Crippen molar-refractivity contribution in [2.24, 2.45) is 0 Å². The quantitative estimate of drug-likeness (QED) is 0.679. The Kier molecular flexibility index (Phi) is 4.77. The zero-order chi connectivity index (χ0) is 15.5. The Hall–Kier alpha value is -1.69. The van der Waals surface area contributed by atoms with Gasteiger partial charge in [0.15, 0.2) is 0 Å². The minimum atomic E-state index is -4.48. The van der Waals surface area contributed by atoms with E-state index in [4.69, 9.17) is 9.47 Å². The summed E-state index contributed by atoms with van der Waals surface area (Å²) in [5.41, 5.74) is -0.275. The second-order valence-corrected chi connectivity index (χ2v) is 4.80. The lowest BCUT2D eigenvalue weighted by Crippen LogP contribution is -2.07. The minimum Gasteiger partial charge on any atom is -0.497 e. The first-order valence-electron chi connectivity index (χ1n) is 6.02. The summed E-state index contributed by atoms with van der Waals surface area (Å²) >= 11 is 3.14. The summed E-state index contributed by atoms with van der Waals surface area (Å²) in [6.07, 6.45) is -4.48. The average molecular weight is 361 g/mol. The van der Waals surface area contributed by atoms with E-state index in [0.717, 1.165) is 6.07 Å². The third-order valence-electron chi connectivity index (χ3n) is 2.77. The van der Waals surface area contributed by atoms with Crippen molar-refractivity contribution in [2.75, 3.05) is 7.11 Å². The van der Waals surface area contributed by atoms with Gasteiger partial charge >= 0.3 is 6.18 Å². The van der Waals surface area contributed by atoms with Gasteiger partial charge in [-0.3, -0.25) is 0 Å². The van der Waals surface area contributed by atoms with E-state index in [1.54, 1.807) is 24.3 Å². The minimum absolute atomic E-state index is 0.236. The van der Waals surface area contributed by atoms with Crippen molar-refractivity contribution < 1.29 is 22.6 Å². The van der Waals surface area contributed by atoms with Gasteiger partial charge in [0.05, 0.1) is 12.7 Å². The SMILES string of the molecule is COc1cccc(Oc2ccc(CBr)cc2C(F)(F)F)c1. The van der Waals surface area contributed by atoms with Crippen LogP contribution in [0.25, 0.3) is 0 Å². The van der Waals surface area contributed by atoms with E-state index >= 15 is 0 Å². The van der Waals surface area contributed by atoms with Gasteiger partial charge in [-0.1, -0.05) is 28.1 Å². The smallest absolute Gasteiger partial charge is 0.419 e. The molecule has 0 aliphatic rings. The average Bonchev–Trinajstić information content (AvgIpc) is 2.46. The molecule has 0 aliphatic heterocycles. The summed E-state index contributed by atoms with van der Waals surface area (Å²) in [6.45, 7) is 0. The summed E-state index contributed by atoms with van der Waals surface area (Å²) in [4.78, 5) is 0. The predicted molar refractivity (Wildman–Crippen MR) is 77.1 cm³/mol. The third kappa shape index (κ3) is 3.91. The third-order valence-corrected chi connectivity index (χ3v) is 3.42. The Morgan fingerprint density at radius 2 is 1.76 bits per heavy atom. The van der Waals surface area contributed by atoms with Crippen molar-refractivity contribution in [1.82, 2.24) is 0 Å². The van der Waals surface area contributed by atoms with Crippen LogP contribution in [-0.2, 0) is 11.5 Å². The predicted octanol–water partition coefficient (Wildman–Crippen LogP) is 5.40. The van der Waals surface area contributed by atoms with Gasteiger partial charge in [0.25, 0.3) is 0 Å². The van der Waals surface area contributed by atoms with Gasteiger partial charge in [-0.15, -0.1) is 0 Å². The van der Waals surface area contributed by atoms with Crippen molar-refractivity contribution in [3.8, 4) is 17.2 Å². The Balaban J connectivity index is 2.39. The molecule has 2 aromatic rings. The van der Waals surface area contributed by atoms with Crippen molar-refractivity contribution >= 4 is 15.9 Å². The van der Waals surface area contributed by atoms with E-state index in [1.807, 2.05) is 0 Å². The van der Waals surface area contributed by atoms with Crippen LogP contribution >= 0.6 is 15.9 Å². The highest BCUT2D eigenvalue weighted by Crippen LogP contribution is 2.39. The van der Waals surface area contributed by atoms with Crippen LogP contribution in [0.4, 0.5) is 13.2 Å². The molecule has 0 aliphatic carbocycles. The molecule has 0 spiro atoms. The number of methoxy groups -OCH3 is 1. The Morgan fingerprint density at radius 1 is 1.05 bits per heavy atom. The largest absolute Gasteiger partial charge is 0.497 e. The van der Waals surface area contributed by atoms with E-state index in [9.17, 15) is 13.2 Å². The molecule has 0 N–H and O–H groups in total. The molecule has 2 aromatic carbocycles. The Labute approximate surface area is 128 Å². The lowest BCUT2D eigenvalue weighted by atomic mass is 10.1. The van der Waals surface area contributed by atoms with Crippen molar-refractivity contribution in [3.63, 3.8) is 0 Å². The lowest BCUT2D eigenvalue weighted by molar-refractivity contribution is -0.138. The van der Waals surface area contributed by atoms with Gasteiger partial charge in [0.2, 0.25) is 0 Å². The number of rotatable bonds is 4. The maximum Gasteiger partial charge on any atom is 0.419 e. The fourth-order valence-corrected chi connectivity index (χ4v) is 2.11. The molecule has 2 rings (SSSR count). The first kappa shape index (κ1) is 15.7. The number of alkyl halides is 4. The fraction of sp³-hybridized carbons (Fsp3) is 0.200. The molecule has 0 aromatic heterocycles. The van der Waals surface area contributed by atoms with Crippen LogP contribution in [-0.4, -0.2) is 7.11 Å². The van der Waals surface area contributed by atoms with Gasteiger partial charge in [-0.2, -0.15) is 13.2 Å². The van der Waals surface area contributed by atoms with Gasteiger partial charge < -0.3 is 9.47 Å². The molecule has 0 saturated carbocycles. The van der Waals surface area contributed by atoms with Crippen LogP contribution < -0.4 is 9.47 Å². The van der Waals surface area contributed by atoms with E-state index in [0.29, 0.717) is 16.6 Å². The van der Waals surface area contributed by atoms with Crippen LogP contribution in [0, 0.1) is 0 Å². The second-order valence-electron chi connectivity index (χ2n) is 4.24. The molecule has 21 heavy (non-hydrogen) atoms. The summed E-state index contributed by atoms with van der Waals surface area (Å²) in [7, 11) is 1.48. The van der Waals surface area contributed by atoms with Crippen LogP contribution in [0.3, 0.4) is 0 Å². The maximum atomic E-state index is 13.1. The first-order chi connectivity index (χ1) is 9.94. The molecular weight excluding hydrogens is 349 g/mol. The number of ether oxygens (including phenoxy) is 2. The van der Waals surface area contributed by atoms with Crippen molar-refractivity contribution in [2.45, 2.75) is 11.5 Å². The summed E-state index contributed by atoms with van der Waals surface area (Å²) < 4.78 is 49.7. The molecule has 0 bridgehead atoms. The van der Waals surface area contributed by atoms with Gasteiger partial charge in [-0.25, -0.2) is 0 Å². The molecule has 112 valence electrons. The highest BCUT2D eigenvalue weighted by Gasteiger charge is 2.34. The normalized spacial score (nSPS) is 11.3. The number of benzene rings is 2. The molecule has 0 amide bonds. The molecule has 0 heterocycles. The van der Waals surface area contributed by atoms with Crippen molar-refractivity contribution in [3.05, 3.63) is 53.6 Å². The highest BCUT2D eigenvalue weighted by atomic mass is 79.9. The maximum absolute atomic E-state index is 13.1. The van der Waals surface area contributed by atoms with E-state index in [2.05, 4.69) is 15.9 Å². The van der Waals surface area contributed by atoms with Gasteiger partial charge in [0.1, 0.15) is 17.2 Å². The van der Waals surface area contributed by atoms with Crippen molar-refractivity contribution in [1.29, 1.82) is 0 Å². The monoisotopic (exact) mass is 360 g/mol. The molecule has 0 unspecified atom stereocenters. The van der Waals surface area contributed by atoms with Crippen LogP contribution in [0.2, 0.25) is 0 Å². The standard InChI is InChI=1S/C15H12BrF3O2/c1-20-11-3-2-4-12(8-11)21-14-6-5-10(9-16)7-13(14)15(17,18)19/h2-8H,9H2,1H3. The molecule has 0 saturated heterocycles. The summed E-state index contributed by atoms with van der Waals surface area (Å²) in [5.74, 6) is 0.560. The van der Waals surface area contributed by atoms with Gasteiger partial charge in [0, 0.05) is 11.4 Å². The number of hydrogen-bond acceptors (Lipinski definition) is 2. The van der Waals surface area contributed by atoms with E-state index in [1.165, 1.54) is 19.2 Å². The molecule has 0 radical (unpaired) electrons. The number of halogens is 4.